The van der Waals surface area contributed by atoms with Crippen molar-refractivity contribution in [2.75, 3.05) is 16.4 Å². The van der Waals surface area contributed by atoms with Crippen molar-refractivity contribution >= 4 is 64.4 Å². The van der Waals surface area contributed by atoms with Crippen LogP contribution in [0, 0.1) is 0 Å². The molecule has 0 aromatic heterocycles. The van der Waals surface area contributed by atoms with Gasteiger partial charge in [-0.15, -0.1) is 11.8 Å². The van der Waals surface area contributed by atoms with Gasteiger partial charge in [-0.3, -0.25) is 19.2 Å². The Morgan fingerprint density at radius 3 is 2.20 bits per heavy atom. The van der Waals surface area contributed by atoms with E-state index in [0.29, 0.717) is 33.1 Å². The molecule has 0 saturated carbocycles. The van der Waals surface area contributed by atoms with Crippen molar-refractivity contribution < 1.29 is 19.2 Å². The fourth-order valence-corrected chi connectivity index (χ4v) is 4.59. The van der Waals surface area contributed by atoms with Crippen LogP contribution in [0.25, 0.3) is 6.08 Å². The van der Waals surface area contributed by atoms with Gasteiger partial charge in [0.05, 0.1) is 5.75 Å². The highest BCUT2D eigenvalue weighted by Crippen LogP contribution is 2.23. The maximum absolute atomic E-state index is 13.3. The lowest BCUT2D eigenvalue weighted by molar-refractivity contribution is -0.114. The smallest absolute Gasteiger partial charge is 0.272 e. The van der Waals surface area contributed by atoms with E-state index in [4.69, 9.17) is 17.3 Å². The number of carbonyl (C=O) groups excluding carboxylic acids is 4. The van der Waals surface area contributed by atoms with Gasteiger partial charge in [-0.2, -0.15) is 0 Å². The van der Waals surface area contributed by atoms with Gasteiger partial charge in [0.1, 0.15) is 5.70 Å². The first kappa shape index (κ1) is 29.1. The molecule has 5 N–H and O–H groups in total. The summed E-state index contributed by atoms with van der Waals surface area (Å²) in [6.45, 7) is 0. The van der Waals surface area contributed by atoms with Crippen LogP contribution in [0.15, 0.2) is 114 Å². The first-order valence-corrected chi connectivity index (χ1v) is 13.7. The van der Waals surface area contributed by atoms with Crippen LogP contribution in [-0.2, 0) is 9.59 Å². The van der Waals surface area contributed by atoms with Crippen molar-refractivity contribution in [3.63, 3.8) is 0 Å². The largest absolute Gasteiger partial charge is 0.366 e. The third-order valence-corrected chi connectivity index (χ3v) is 6.83. The number of halogens is 1. The number of hydrogen-bond acceptors (Lipinski definition) is 5. The quantitative estimate of drug-likeness (QED) is 0.143. The maximum atomic E-state index is 13.3. The van der Waals surface area contributed by atoms with Crippen LogP contribution in [0.2, 0.25) is 5.02 Å². The summed E-state index contributed by atoms with van der Waals surface area (Å²) in [4.78, 5) is 50.5. The minimum Gasteiger partial charge on any atom is -0.366 e. The Balaban J connectivity index is 1.42. The second kappa shape index (κ2) is 14.0. The topological polar surface area (TPSA) is 130 Å². The van der Waals surface area contributed by atoms with Crippen molar-refractivity contribution in [2.24, 2.45) is 5.73 Å². The summed E-state index contributed by atoms with van der Waals surface area (Å²) in [7, 11) is 0. The van der Waals surface area contributed by atoms with Gasteiger partial charge in [0.15, 0.2) is 0 Å². The fourth-order valence-electron chi connectivity index (χ4n) is 3.63. The highest BCUT2D eigenvalue weighted by atomic mass is 35.5. The molecule has 0 aliphatic rings. The Morgan fingerprint density at radius 1 is 0.756 bits per heavy atom. The zero-order chi connectivity index (χ0) is 29.2. The molecule has 0 heterocycles. The first-order valence-electron chi connectivity index (χ1n) is 12.3. The van der Waals surface area contributed by atoms with Crippen molar-refractivity contribution in [3.8, 4) is 0 Å². The summed E-state index contributed by atoms with van der Waals surface area (Å²) < 4.78 is 0. The van der Waals surface area contributed by atoms with Gasteiger partial charge >= 0.3 is 0 Å². The molecule has 4 rings (SSSR count). The Morgan fingerprint density at radius 2 is 1.49 bits per heavy atom. The molecule has 0 aliphatic heterocycles. The Hall–Kier alpha value is -4.86. The number of nitrogens with two attached hydrogens (primary N) is 1. The standard InChI is InChI=1S/C31H25ClN4O4S/c32-23-9-4-6-20(16-23)17-27(36-30(39)22-7-2-1-3-8-22)31(40)35-25-10-5-11-26(18-25)41-19-28(37)34-24-14-12-21(13-15-24)29(33)38/h1-18H,19H2,(H2,33,38)(H,34,37)(H,35,40)(H,36,39)/b27-17-. The van der Waals surface area contributed by atoms with Crippen LogP contribution in [0.3, 0.4) is 0 Å². The summed E-state index contributed by atoms with van der Waals surface area (Å²) in [6.07, 6.45) is 1.54. The predicted molar refractivity (Wildman–Crippen MR) is 163 cm³/mol. The number of thioether (sulfide) groups is 1. The maximum Gasteiger partial charge on any atom is 0.272 e. The van der Waals surface area contributed by atoms with E-state index < -0.39 is 17.7 Å². The summed E-state index contributed by atoms with van der Waals surface area (Å²) >= 11 is 7.39. The lowest BCUT2D eigenvalue weighted by Crippen LogP contribution is -2.30. The van der Waals surface area contributed by atoms with Gasteiger partial charge in [0.25, 0.3) is 11.8 Å². The molecule has 4 aromatic rings. The minimum atomic E-state index is -0.545. The van der Waals surface area contributed by atoms with Gasteiger partial charge in [0.2, 0.25) is 11.8 Å². The van der Waals surface area contributed by atoms with Gasteiger partial charge in [-0.05, 0) is 78.4 Å². The average molecular weight is 585 g/mol. The molecule has 0 fully saturated rings. The molecule has 4 aromatic carbocycles. The molecule has 0 atom stereocenters. The molecule has 41 heavy (non-hydrogen) atoms. The number of nitrogens with one attached hydrogen (secondary N) is 3. The SMILES string of the molecule is NC(=O)c1ccc(NC(=O)CSc2cccc(NC(=O)/C(=C/c3cccc(Cl)c3)NC(=O)c3ccccc3)c2)cc1. The lowest BCUT2D eigenvalue weighted by atomic mass is 10.1. The van der Waals surface area contributed by atoms with E-state index in [-0.39, 0.29) is 17.4 Å². The van der Waals surface area contributed by atoms with E-state index >= 15 is 0 Å². The molecular formula is C31H25ClN4O4S. The van der Waals surface area contributed by atoms with Crippen LogP contribution < -0.4 is 21.7 Å². The fraction of sp³-hybridized carbons (Fsp3) is 0.0323. The number of primary amides is 1. The lowest BCUT2D eigenvalue weighted by Gasteiger charge is -2.12. The number of carbonyl (C=O) groups is 4. The van der Waals surface area contributed by atoms with Crippen LogP contribution in [0.4, 0.5) is 11.4 Å². The van der Waals surface area contributed by atoms with Crippen LogP contribution in [0.5, 0.6) is 0 Å². The highest BCUT2D eigenvalue weighted by Gasteiger charge is 2.16. The molecule has 0 bridgehead atoms. The second-order valence-corrected chi connectivity index (χ2v) is 10.2. The second-order valence-electron chi connectivity index (χ2n) is 8.69. The zero-order valence-corrected chi connectivity index (χ0v) is 23.2. The van der Waals surface area contributed by atoms with Gasteiger partial charge in [-0.25, -0.2) is 0 Å². The molecule has 10 heteroatoms. The molecule has 0 radical (unpaired) electrons. The van der Waals surface area contributed by atoms with Crippen molar-refractivity contribution in [1.82, 2.24) is 5.32 Å². The Labute approximate surface area is 246 Å². The monoisotopic (exact) mass is 584 g/mol. The molecule has 0 unspecified atom stereocenters. The van der Waals surface area contributed by atoms with Crippen LogP contribution in [0.1, 0.15) is 26.3 Å². The molecule has 0 spiro atoms. The Kier molecular flexibility index (Phi) is 9.93. The molecule has 206 valence electrons. The van der Waals surface area contributed by atoms with Crippen LogP contribution >= 0.6 is 23.4 Å². The summed E-state index contributed by atoms with van der Waals surface area (Å²) in [5.41, 5.74) is 7.67. The molecule has 0 saturated heterocycles. The van der Waals surface area contributed by atoms with Crippen molar-refractivity contribution in [1.29, 1.82) is 0 Å². The molecular weight excluding hydrogens is 560 g/mol. The number of amides is 4. The van der Waals surface area contributed by atoms with E-state index in [1.165, 1.54) is 23.9 Å². The van der Waals surface area contributed by atoms with E-state index in [0.717, 1.165) is 4.90 Å². The third kappa shape index (κ3) is 8.82. The zero-order valence-electron chi connectivity index (χ0n) is 21.6. The first-order chi connectivity index (χ1) is 19.8. The number of anilines is 2. The average Bonchev–Trinajstić information content (AvgIpc) is 2.96. The van der Waals surface area contributed by atoms with Crippen molar-refractivity contribution in [2.45, 2.75) is 4.90 Å². The van der Waals surface area contributed by atoms with Gasteiger partial charge in [0, 0.05) is 32.4 Å². The van der Waals surface area contributed by atoms with Gasteiger partial charge < -0.3 is 21.7 Å². The summed E-state index contributed by atoms with van der Waals surface area (Å²) in [5.74, 6) is -1.65. The van der Waals surface area contributed by atoms with Crippen molar-refractivity contribution in [3.05, 3.63) is 131 Å². The van der Waals surface area contributed by atoms with Gasteiger partial charge in [-0.1, -0.05) is 48.0 Å². The van der Waals surface area contributed by atoms with E-state index in [9.17, 15) is 19.2 Å². The predicted octanol–water partition coefficient (Wildman–Crippen LogP) is 5.58. The van der Waals surface area contributed by atoms with E-state index in [2.05, 4.69) is 16.0 Å². The molecule has 0 aliphatic carbocycles. The summed E-state index contributed by atoms with van der Waals surface area (Å²) in [6, 6.07) is 28.7. The molecule has 4 amide bonds. The third-order valence-electron chi connectivity index (χ3n) is 5.60. The Bertz CT molecular complexity index is 1610. The number of benzene rings is 4. The van der Waals surface area contributed by atoms with E-state index in [1.807, 2.05) is 6.07 Å². The molecule has 8 nitrogen and oxygen atoms in total. The van der Waals surface area contributed by atoms with E-state index in [1.54, 1.807) is 91.0 Å². The number of hydrogen-bond donors (Lipinski definition) is 4. The normalized spacial score (nSPS) is 10.9. The summed E-state index contributed by atoms with van der Waals surface area (Å²) in [5, 5.41) is 8.75. The minimum absolute atomic E-state index is 0.0286. The highest BCUT2D eigenvalue weighted by molar-refractivity contribution is 8.00. The number of rotatable bonds is 10. The van der Waals surface area contributed by atoms with Crippen LogP contribution in [-0.4, -0.2) is 29.4 Å².